The van der Waals surface area contributed by atoms with Crippen LogP contribution in [0.25, 0.3) is 11.6 Å². The molecule has 0 radical (unpaired) electrons. The van der Waals surface area contributed by atoms with Crippen LogP contribution in [0.5, 0.6) is 11.5 Å². The minimum atomic E-state index is -0.331. The highest BCUT2D eigenvalue weighted by atomic mass is 127. The summed E-state index contributed by atoms with van der Waals surface area (Å²) in [5.41, 5.74) is 6.69. The first-order chi connectivity index (χ1) is 23.9. The van der Waals surface area contributed by atoms with Crippen molar-refractivity contribution >= 4 is 46.1 Å². The zero-order chi connectivity index (χ0) is 34.1. The number of methoxy groups -OCH3 is 1. The third-order valence-electron chi connectivity index (χ3n) is 10.9. The first-order valence-electron chi connectivity index (χ1n) is 17.5. The number of carbonyl (C=O) groups is 2. The number of piperidine rings is 1. The largest absolute Gasteiger partial charge is 0.504 e. The summed E-state index contributed by atoms with van der Waals surface area (Å²) in [6.07, 6.45) is 8.39. The number of aromatic nitrogens is 1. The van der Waals surface area contributed by atoms with E-state index in [0.29, 0.717) is 28.8 Å². The number of nitrogens with zero attached hydrogens (tertiary/aromatic N) is 3. The van der Waals surface area contributed by atoms with Crippen LogP contribution in [0.15, 0.2) is 78.0 Å². The average molecular weight is 774 g/mol. The van der Waals surface area contributed by atoms with Crippen LogP contribution in [0.1, 0.15) is 62.3 Å². The third kappa shape index (κ3) is 6.81. The Hall–Kier alpha value is -3.54. The number of amides is 2. The normalized spacial score (nSPS) is 24.8. The number of carbonyl (C=O) groups excluding carboxylic acids is 2. The highest BCUT2D eigenvalue weighted by Crippen LogP contribution is 2.51. The van der Waals surface area contributed by atoms with Gasteiger partial charge in [0.25, 0.3) is 0 Å². The molecule has 4 aliphatic rings. The Morgan fingerprint density at radius 3 is 2.55 bits per heavy atom. The molecule has 3 saturated heterocycles. The van der Waals surface area contributed by atoms with Crippen LogP contribution >= 0.6 is 22.6 Å². The number of benzene rings is 2. The standard InChI is InChI=1S/C40H44IN3O5/c1-3-27-22-30-37(40(47)44(39(30)46)29-14-17-43(18-15-29)23-25-9-5-4-6-10-25)31-24-49-34(36(27)31)13-12-28(33-11-7-8-16-42-33)19-26-20-32(41)38(45)35(21-26)48-2/h4-11,16,19-21,29-31,34,37,45H,3,12-15,17-18,22-24H2,1-2H3/b28-19-/t30-,31+,34-,37-/m1/s1. The molecule has 0 spiro atoms. The van der Waals surface area contributed by atoms with E-state index in [4.69, 9.17) is 9.47 Å². The van der Waals surface area contributed by atoms with Crippen LogP contribution in [0.4, 0.5) is 0 Å². The van der Waals surface area contributed by atoms with Gasteiger partial charge in [-0.05, 0) is 114 Å². The first-order valence-corrected chi connectivity index (χ1v) is 18.6. The van der Waals surface area contributed by atoms with Gasteiger partial charge in [-0.2, -0.15) is 0 Å². The number of fused-ring (bicyclic) bond motifs is 3. The van der Waals surface area contributed by atoms with Gasteiger partial charge in [-0.15, -0.1) is 0 Å². The summed E-state index contributed by atoms with van der Waals surface area (Å²) in [4.78, 5) is 36.9. The number of phenols is 1. The Morgan fingerprint density at radius 2 is 1.84 bits per heavy atom. The third-order valence-corrected chi connectivity index (χ3v) is 11.7. The van der Waals surface area contributed by atoms with E-state index in [0.717, 1.165) is 62.1 Å². The van der Waals surface area contributed by atoms with E-state index in [2.05, 4.69) is 69.7 Å². The van der Waals surface area contributed by atoms with E-state index >= 15 is 0 Å². The molecule has 49 heavy (non-hydrogen) atoms. The summed E-state index contributed by atoms with van der Waals surface area (Å²) in [5, 5.41) is 10.4. The fourth-order valence-electron chi connectivity index (χ4n) is 8.52. The number of imide groups is 1. The Labute approximate surface area is 302 Å². The molecule has 2 amide bonds. The number of rotatable bonds is 10. The molecule has 1 aromatic heterocycles. The maximum atomic E-state index is 14.2. The molecule has 256 valence electrons. The van der Waals surface area contributed by atoms with Gasteiger partial charge in [0, 0.05) is 37.8 Å². The lowest BCUT2D eigenvalue weighted by Crippen LogP contribution is -2.47. The van der Waals surface area contributed by atoms with Crippen LogP contribution in [0, 0.1) is 21.3 Å². The molecule has 7 rings (SSSR count). The Kier molecular flexibility index (Phi) is 10.2. The number of hydrogen-bond acceptors (Lipinski definition) is 7. The summed E-state index contributed by atoms with van der Waals surface area (Å²) in [7, 11) is 1.55. The molecule has 3 fully saturated rings. The fourth-order valence-corrected chi connectivity index (χ4v) is 9.15. The molecule has 9 heteroatoms. The molecule has 8 nitrogen and oxygen atoms in total. The van der Waals surface area contributed by atoms with Gasteiger partial charge >= 0.3 is 0 Å². The number of likely N-dealkylation sites (tertiary alicyclic amines) is 2. The number of halogens is 1. The molecule has 3 aliphatic heterocycles. The van der Waals surface area contributed by atoms with Crippen molar-refractivity contribution in [3.8, 4) is 11.5 Å². The van der Waals surface area contributed by atoms with Crippen LogP contribution in [-0.4, -0.2) is 70.7 Å². The monoisotopic (exact) mass is 773 g/mol. The minimum Gasteiger partial charge on any atom is -0.504 e. The van der Waals surface area contributed by atoms with Gasteiger partial charge < -0.3 is 14.6 Å². The zero-order valence-corrected chi connectivity index (χ0v) is 30.3. The predicted molar refractivity (Wildman–Crippen MR) is 197 cm³/mol. The lowest BCUT2D eigenvalue weighted by atomic mass is 9.69. The van der Waals surface area contributed by atoms with E-state index in [1.807, 2.05) is 36.4 Å². The highest BCUT2D eigenvalue weighted by Gasteiger charge is 2.58. The number of allylic oxidation sites excluding steroid dienone is 2. The van der Waals surface area contributed by atoms with Crippen molar-refractivity contribution in [2.24, 2.45) is 17.8 Å². The fraction of sp³-hybridized carbons (Fsp3) is 0.425. The van der Waals surface area contributed by atoms with Gasteiger partial charge in [0.05, 0.1) is 40.9 Å². The van der Waals surface area contributed by atoms with E-state index < -0.39 is 0 Å². The highest BCUT2D eigenvalue weighted by molar-refractivity contribution is 14.1. The van der Waals surface area contributed by atoms with Crippen molar-refractivity contribution in [3.05, 3.63) is 98.4 Å². The van der Waals surface area contributed by atoms with Gasteiger partial charge in [0.1, 0.15) is 0 Å². The number of hydrogen-bond donors (Lipinski definition) is 1. The molecule has 0 saturated carbocycles. The average Bonchev–Trinajstić information content (AvgIpc) is 3.66. The molecular weight excluding hydrogens is 729 g/mol. The summed E-state index contributed by atoms with van der Waals surface area (Å²) in [6.45, 7) is 5.30. The summed E-state index contributed by atoms with van der Waals surface area (Å²) < 4.78 is 12.7. The molecular formula is C40H44IN3O5. The molecule has 0 bridgehead atoms. The topological polar surface area (TPSA) is 92.2 Å². The first kappa shape index (κ1) is 33.9. The summed E-state index contributed by atoms with van der Waals surface area (Å²) >= 11 is 2.12. The maximum Gasteiger partial charge on any atom is 0.234 e. The number of ether oxygens (including phenoxy) is 2. The van der Waals surface area contributed by atoms with Crippen molar-refractivity contribution in [1.29, 1.82) is 0 Å². The SMILES string of the molecule is CCC1=C2[C@@H](CC/C(=C/c3cc(I)c(O)c(OC)c3)c3ccccn3)OC[C@@H]2[C@@H]2C(=O)N(C3CCN(Cc4ccccc4)CC3)C(=O)[C@@H]2C1. The van der Waals surface area contributed by atoms with E-state index in [-0.39, 0.29) is 47.5 Å². The lowest BCUT2D eigenvalue weighted by Gasteiger charge is -2.36. The Bertz CT molecular complexity index is 1750. The quantitative estimate of drug-likeness (QED) is 0.134. The number of aromatic hydroxyl groups is 1. The second kappa shape index (κ2) is 14.7. The molecule has 4 heterocycles. The number of phenolic OH excluding ortho intramolecular Hbond substituents is 1. The van der Waals surface area contributed by atoms with Crippen LogP contribution in [0.2, 0.25) is 0 Å². The van der Waals surface area contributed by atoms with Crippen LogP contribution < -0.4 is 4.74 Å². The van der Waals surface area contributed by atoms with Gasteiger partial charge in [0.15, 0.2) is 11.5 Å². The van der Waals surface area contributed by atoms with Crippen molar-refractivity contribution in [2.75, 3.05) is 26.8 Å². The molecule has 2 aromatic carbocycles. The van der Waals surface area contributed by atoms with E-state index in [9.17, 15) is 14.7 Å². The van der Waals surface area contributed by atoms with Crippen molar-refractivity contribution < 1.29 is 24.2 Å². The smallest absolute Gasteiger partial charge is 0.234 e. The predicted octanol–water partition coefficient (Wildman–Crippen LogP) is 7.11. The minimum absolute atomic E-state index is 0.0170. The number of pyridine rings is 1. The van der Waals surface area contributed by atoms with E-state index in [1.165, 1.54) is 16.7 Å². The van der Waals surface area contributed by atoms with E-state index in [1.54, 1.807) is 18.2 Å². The molecule has 4 atom stereocenters. The molecule has 1 aliphatic carbocycles. The Morgan fingerprint density at radius 1 is 1.06 bits per heavy atom. The van der Waals surface area contributed by atoms with Crippen molar-refractivity contribution in [2.45, 2.75) is 64.1 Å². The summed E-state index contributed by atoms with van der Waals surface area (Å²) in [5.74, 6) is -0.0558. The van der Waals surface area contributed by atoms with Crippen molar-refractivity contribution in [3.63, 3.8) is 0 Å². The second-order valence-corrected chi connectivity index (χ2v) is 14.9. The molecule has 1 N–H and O–H groups in total. The van der Waals surface area contributed by atoms with Crippen molar-refractivity contribution in [1.82, 2.24) is 14.8 Å². The molecule has 3 aromatic rings. The van der Waals surface area contributed by atoms with Gasteiger partial charge in [0.2, 0.25) is 11.8 Å². The molecule has 0 unspecified atom stereocenters. The van der Waals surface area contributed by atoms with Crippen LogP contribution in [0.3, 0.4) is 0 Å². The summed E-state index contributed by atoms with van der Waals surface area (Å²) in [6, 6.07) is 20.1. The second-order valence-electron chi connectivity index (χ2n) is 13.7. The zero-order valence-electron chi connectivity index (χ0n) is 28.2. The van der Waals surface area contributed by atoms with Gasteiger partial charge in [-0.1, -0.05) is 48.9 Å². The maximum absolute atomic E-state index is 14.2. The lowest BCUT2D eigenvalue weighted by molar-refractivity contribution is -0.144. The van der Waals surface area contributed by atoms with Gasteiger partial charge in [-0.25, -0.2) is 0 Å². The van der Waals surface area contributed by atoms with Gasteiger partial charge in [-0.3, -0.25) is 24.4 Å². The Balaban J connectivity index is 1.07. The van der Waals surface area contributed by atoms with Crippen LogP contribution in [-0.2, 0) is 20.9 Å².